The third-order valence-electron chi connectivity index (χ3n) is 4.22. The summed E-state index contributed by atoms with van der Waals surface area (Å²) in [5, 5.41) is 0. The normalized spacial score (nSPS) is 16.4. The highest BCUT2D eigenvalue weighted by Gasteiger charge is 2.26. The minimum Gasteiger partial charge on any atom is -0.493 e. The number of aryl methyl sites for hydroxylation is 1. The van der Waals surface area contributed by atoms with E-state index in [4.69, 9.17) is 14.2 Å². The van der Waals surface area contributed by atoms with Crippen molar-refractivity contribution >= 4 is 0 Å². The summed E-state index contributed by atoms with van der Waals surface area (Å²) in [6, 6.07) is 12.8. The second-order valence-electron chi connectivity index (χ2n) is 5.25. The number of ether oxygens (including phenoxy) is 3. The van der Waals surface area contributed by atoms with E-state index in [-0.39, 0.29) is 0 Å². The van der Waals surface area contributed by atoms with Crippen LogP contribution in [0, 0.1) is 0 Å². The van der Waals surface area contributed by atoms with Crippen molar-refractivity contribution in [3.05, 3.63) is 53.1 Å². The fourth-order valence-electron chi connectivity index (χ4n) is 3.21. The topological polar surface area (TPSA) is 27.7 Å². The Balaban J connectivity index is 2.08. The van der Waals surface area contributed by atoms with Crippen molar-refractivity contribution < 1.29 is 14.2 Å². The third-order valence-corrected chi connectivity index (χ3v) is 4.22. The van der Waals surface area contributed by atoms with E-state index in [0.29, 0.717) is 11.7 Å². The van der Waals surface area contributed by atoms with E-state index in [9.17, 15) is 0 Å². The van der Waals surface area contributed by atoms with Crippen LogP contribution < -0.4 is 14.2 Å². The van der Waals surface area contributed by atoms with E-state index in [1.54, 1.807) is 21.3 Å². The first-order chi connectivity index (χ1) is 10.3. The fourth-order valence-corrected chi connectivity index (χ4v) is 3.21. The van der Waals surface area contributed by atoms with E-state index in [1.165, 1.54) is 16.7 Å². The zero-order chi connectivity index (χ0) is 14.8. The van der Waals surface area contributed by atoms with Gasteiger partial charge in [-0.1, -0.05) is 24.3 Å². The fraction of sp³-hybridized carbons (Fsp3) is 0.333. The van der Waals surface area contributed by atoms with Gasteiger partial charge in [0.15, 0.2) is 11.5 Å². The highest BCUT2D eigenvalue weighted by atomic mass is 16.5. The molecule has 3 rings (SSSR count). The molecule has 0 radical (unpaired) electrons. The van der Waals surface area contributed by atoms with Gasteiger partial charge in [-0.15, -0.1) is 0 Å². The molecule has 110 valence electrons. The number of methoxy groups -OCH3 is 3. The van der Waals surface area contributed by atoms with Crippen molar-refractivity contribution in [3.63, 3.8) is 0 Å². The largest absolute Gasteiger partial charge is 0.493 e. The number of hydrogen-bond acceptors (Lipinski definition) is 3. The van der Waals surface area contributed by atoms with Crippen LogP contribution in [0.4, 0.5) is 0 Å². The van der Waals surface area contributed by atoms with Gasteiger partial charge < -0.3 is 14.2 Å². The Labute approximate surface area is 125 Å². The molecule has 21 heavy (non-hydrogen) atoms. The van der Waals surface area contributed by atoms with E-state index in [2.05, 4.69) is 36.4 Å². The molecule has 0 bridgehead atoms. The minimum absolute atomic E-state index is 0.398. The van der Waals surface area contributed by atoms with Crippen molar-refractivity contribution in [2.75, 3.05) is 21.3 Å². The van der Waals surface area contributed by atoms with E-state index >= 15 is 0 Å². The lowest BCUT2D eigenvalue weighted by atomic mass is 9.92. The maximum atomic E-state index is 5.46. The molecule has 3 heteroatoms. The van der Waals surface area contributed by atoms with Crippen LogP contribution in [0.1, 0.15) is 29.0 Å². The molecule has 0 spiro atoms. The molecule has 0 heterocycles. The highest BCUT2D eigenvalue weighted by Crippen LogP contribution is 2.44. The lowest BCUT2D eigenvalue weighted by Crippen LogP contribution is -2.01. The monoisotopic (exact) mass is 284 g/mol. The molecule has 0 amide bonds. The maximum absolute atomic E-state index is 5.46. The summed E-state index contributed by atoms with van der Waals surface area (Å²) in [4.78, 5) is 0. The van der Waals surface area contributed by atoms with Crippen molar-refractivity contribution in [2.24, 2.45) is 0 Å². The quantitative estimate of drug-likeness (QED) is 0.855. The molecule has 0 saturated carbocycles. The first-order valence-corrected chi connectivity index (χ1v) is 7.16. The van der Waals surface area contributed by atoms with Gasteiger partial charge in [-0.05, 0) is 41.7 Å². The molecule has 2 aromatic carbocycles. The summed E-state index contributed by atoms with van der Waals surface area (Å²) in [6.07, 6.45) is 2.25. The molecule has 1 unspecified atom stereocenters. The van der Waals surface area contributed by atoms with Gasteiger partial charge >= 0.3 is 0 Å². The molecule has 1 aliphatic rings. The summed E-state index contributed by atoms with van der Waals surface area (Å²) in [7, 11) is 4.94. The highest BCUT2D eigenvalue weighted by molar-refractivity contribution is 5.56. The van der Waals surface area contributed by atoms with Crippen LogP contribution in [0.15, 0.2) is 36.4 Å². The first kappa shape index (κ1) is 13.8. The van der Waals surface area contributed by atoms with Gasteiger partial charge in [-0.2, -0.15) is 0 Å². The second kappa shape index (κ2) is 5.68. The Morgan fingerprint density at radius 2 is 1.57 bits per heavy atom. The summed E-state index contributed by atoms with van der Waals surface area (Å²) >= 11 is 0. The van der Waals surface area contributed by atoms with Gasteiger partial charge in [0.1, 0.15) is 0 Å². The zero-order valence-corrected chi connectivity index (χ0v) is 12.7. The number of benzene rings is 2. The van der Waals surface area contributed by atoms with Gasteiger partial charge in [0.2, 0.25) is 5.75 Å². The summed E-state index contributed by atoms with van der Waals surface area (Å²) in [5.41, 5.74) is 4.07. The molecule has 1 atom stereocenters. The van der Waals surface area contributed by atoms with Crippen molar-refractivity contribution in [1.82, 2.24) is 0 Å². The standard InChI is InChI=1S/C18H20O3/c1-19-16-10-13(11-17(20-2)18(16)21-3)15-9-8-12-6-4-5-7-14(12)15/h4-7,10-11,15H,8-9H2,1-3H3. The number of rotatable bonds is 4. The van der Waals surface area contributed by atoms with Crippen molar-refractivity contribution in [3.8, 4) is 17.2 Å². The first-order valence-electron chi connectivity index (χ1n) is 7.16. The Kier molecular flexibility index (Phi) is 3.74. The summed E-state index contributed by atoms with van der Waals surface area (Å²) in [5.74, 6) is 2.48. The minimum atomic E-state index is 0.398. The second-order valence-corrected chi connectivity index (χ2v) is 5.25. The number of fused-ring (bicyclic) bond motifs is 1. The zero-order valence-electron chi connectivity index (χ0n) is 12.7. The molecule has 0 aromatic heterocycles. The average molecular weight is 284 g/mol. The van der Waals surface area contributed by atoms with E-state index in [0.717, 1.165) is 24.3 Å². The van der Waals surface area contributed by atoms with Gasteiger partial charge in [0.25, 0.3) is 0 Å². The predicted octanol–water partition coefficient (Wildman–Crippen LogP) is 3.79. The van der Waals surface area contributed by atoms with Crippen LogP contribution in [0.2, 0.25) is 0 Å². The van der Waals surface area contributed by atoms with Crippen LogP contribution in [0.25, 0.3) is 0 Å². The van der Waals surface area contributed by atoms with Crippen LogP contribution in [-0.4, -0.2) is 21.3 Å². The Bertz CT molecular complexity index is 624. The number of hydrogen-bond donors (Lipinski definition) is 0. The molecule has 0 N–H and O–H groups in total. The maximum Gasteiger partial charge on any atom is 0.203 e. The van der Waals surface area contributed by atoms with E-state index < -0.39 is 0 Å². The van der Waals surface area contributed by atoms with Crippen LogP contribution >= 0.6 is 0 Å². The van der Waals surface area contributed by atoms with Gasteiger partial charge in [-0.25, -0.2) is 0 Å². The van der Waals surface area contributed by atoms with Crippen LogP contribution in [0.3, 0.4) is 0 Å². The van der Waals surface area contributed by atoms with Gasteiger partial charge in [-0.3, -0.25) is 0 Å². The lowest BCUT2D eigenvalue weighted by Gasteiger charge is -2.18. The summed E-state index contributed by atoms with van der Waals surface area (Å²) < 4.78 is 16.3. The Morgan fingerprint density at radius 3 is 2.19 bits per heavy atom. The Hall–Kier alpha value is -2.16. The third kappa shape index (κ3) is 2.33. The van der Waals surface area contributed by atoms with Crippen molar-refractivity contribution in [2.45, 2.75) is 18.8 Å². The van der Waals surface area contributed by atoms with Crippen LogP contribution in [-0.2, 0) is 6.42 Å². The average Bonchev–Trinajstić information content (AvgIpc) is 2.97. The molecule has 0 aliphatic heterocycles. The molecule has 3 nitrogen and oxygen atoms in total. The smallest absolute Gasteiger partial charge is 0.203 e. The Morgan fingerprint density at radius 1 is 0.905 bits per heavy atom. The van der Waals surface area contributed by atoms with Crippen molar-refractivity contribution in [1.29, 1.82) is 0 Å². The SMILES string of the molecule is COc1cc(C2CCc3ccccc32)cc(OC)c1OC. The molecule has 0 fully saturated rings. The van der Waals surface area contributed by atoms with Crippen LogP contribution in [0.5, 0.6) is 17.2 Å². The molecular weight excluding hydrogens is 264 g/mol. The molecule has 1 aliphatic carbocycles. The lowest BCUT2D eigenvalue weighted by molar-refractivity contribution is 0.323. The van der Waals surface area contributed by atoms with E-state index in [1.807, 2.05) is 0 Å². The molecular formula is C18H20O3. The molecule has 2 aromatic rings. The molecule has 0 saturated heterocycles. The van der Waals surface area contributed by atoms with Gasteiger partial charge in [0, 0.05) is 5.92 Å². The van der Waals surface area contributed by atoms with Gasteiger partial charge in [0.05, 0.1) is 21.3 Å². The predicted molar refractivity (Wildman–Crippen MR) is 82.7 cm³/mol. The summed E-state index contributed by atoms with van der Waals surface area (Å²) in [6.45, 7) is 0.